The van der Waals surface area contributed by atoms with Crippen LogP contribution in [0.5, 0.6) is 0 Å². The molecule has 0 bridgehead atoms. The monoisotopic (exact) mass is 116 g/mol. The van der Waals surface area contributed by atoms with Gasteiger partial charge in [-0.2, -0.15) is 0 Å². The molecule has 48 valence electrons. The molecule has 0 unspecified atom stereocenters. The van der Waals surface area contributed by atoms with E-state index in [1.54, 1.807) is 0 Å². The normalized spacial score (nSPS) is 9.12. The van der Waals surface area contributed by atoms with Crippen molar-refractivity contribution in [3.05, 3.63) is 0 Å². The van der Waals surface area contributed by atoms with Gasteiger partial charge in [0.15, 0.2) is 0 Å². The summed E-state index contributed by atoms with van der Waals surface area (Å²) in [6.45, 7) is 2.19. The zero-order chi connectivity index (χ0) is 6.24. The first-order valence-corrected chi connectivity index (χ1v) is 2.76. The maximum Gasteiger partial charge on any atom is 0.121 e. The van der Waals surface area contributed by atoms with Gasteiger partial charge in [0.2, 0.25) is 0 Å². The zero-order valence-corrected chi connectivity index (χ0v) is 4.89. The van der Waals surface area contributed by atoms with Crippen LogP contribution in [0.1, 0.15) is 6.42 Å². The highest BCUT2D eigenvalue weighted by Crippen LogP contribution is 1.63. The Morgan fingerprint density at radius 1 is 1.50 bits per heavy atom. The maximum atomic E-state index is 9.70. The molecule has 0 radical (unpaired) electrons. The molecule has 0 heterocycles. The Morgan fingerprint density at radius 2 is 2.25 bits per heavy atom. The van der Waals surface area contributed by atoms with Crippen molar-refractivity contribution in [3.8, 4) is 0 Å². The number of carbonyl (C=O) groups excluding carboxylic acids is 1. The van der Waals surface area contributed by atoms with E-state index >= 15 is 0 Å². The summed E-state index contributed by atoms with van der Waals surface area (Å²) in [5.74, 6) is 0. The number of rotatable bonds is 5. The lowest BCUT2D eigenvalue weighted by Gasteiger charge is -1.95. The number of carbonyl (C=O) groups is 1. The molecule has 0 aromatic rings. The van der Waals surface area contributed by atoms with Gasteiger partial charge in [-0.1, -0.05) is 0 Å². The Kier molecular flexibility index (Phi) is 6.25. The smallest absolute Gasteiger partial charge is 0.121 e. The first kappa shape index (κ1) is 7.59. The van der Waals surface area contributed by atoms with Crippen LogP contribution in [0.2, 0.25) is 0 Å². The molecule has 0 amide bonds. The van der Waals surface area contributed by atoms with Crippen LogP contribution in [-0.4, -0.2) is 25.9 Å². The molecule has 0 atom stereocenters. The second-order valence-corrected chi connectivity index (χ2v) is 1.49. The van der Waals surface area contributed by atoms with E-state index < -0.39 is 0 Å². The molecular formula is C5H12N2O. The van der Waals surface area contributed by atoms with Gasteiger partial charge in [-0.05, 0) is 0 Å². The van der Waals surface area contributed by atoms with E-state index in [2.05, 4.69) is 5.32 Å². The summed E-state index contributed by atoms with van der Waals surface area (Å²) in [6.07, 6.45) is 1.48. The molecule has 0 aromatic heterocycles. The summed E-state index contributed by atoms with van der Waals surface area (Å²) in [5, 5.41) is 2.98. The van der Waals surface area contributed by atoms with Crippen molar-refractivity contribution < 1.29 is 4.79 Å². The summed E-state index contributed by atoms with van der Waals surface area (Å²) in [5.41, 5.74) is 5.16. The standard InChI is InChI=1S/C5H12N2O/c6-2-4-7-3-1-5-8/h5,7H,1-4,6H2. The molecule has 0 rings (SSSR count). The van der Waals surface area contributed by atoms with Crippen molar-refractivity contribution in [2.24, 2.45) is 5.73 Å². The van der Waals surface area contributed by atoms with Gasteiger partial charge >= 0.3 is 0 Å². The van der Waals surface area contributed by atoms with Crippen LogP contribution >= 0.6 is 0 Å². The van der Waals surface area contributed by atoms with Gasteiger partial charge in [-0.3, -0.25) is 0 Å². The highest BCUT2D eigenvalue weighted by Gasteiger charge is 1.80. The topological polar surface area (TPSA) is 55.1 Å². The Labute approximate surface area is 49.3 Å². The summed E-state index contributed by atoms with van der Waals surface area (Å²) in [7, 11) is 0. The molecule has 0 aliphatic rings. The second kappa shape index (κ2) is 6.59. The lowest BCUT2D eigenvalue weighted by molar-refractivity contribution is -0.107. The quantitative estimate of drug-likeness (QED) is 0.362. The minimum atomic E-state index is 0.583. The molecule has 3 heteroatoms. The molecule has 0 aromatic carbocycles. The van der Waals surface area contributed by atoms with Gasteiger partial charge in [0.1, 0.15) is 6.29 Å². The second-order valence-electron chi connectivity index (χ2n) is 1.49. The first-order valence-electron chi connectivity index (χ1n) is 2.76. The van der Waals surface area contributed by atoms with Gasteiger partial charge < -0.3 is 15.8 Å². The number of aldehydes is 1. The van der Waals surface area contributed by atoms with E-state index in [0.29, 0.717) is 13.0 Å². The van der Waals surface area contributed by atoms with Gasteiger partial charge in [-0.15, -0.1) is 0 Å². The largest absolute Gasteiger partial charge is 0.329 e. The van der Waals surface area contributed by atoms with Gasteiger partial charge in [0.05, 0.1) is 0 Å². The van der Waals surface area contributed by atoms with Crippen molar-refractivity contribution >= 4 is 6.29 Å². The fraction of sp³-hybridized carbons (Fsp3) is 0.800. The minimum Gasteiger partial charge on any atom is -0.329 e. The number of hydrogen-bond acceptors (Lipinski definition) is 3. The molecule has 0 aliphatic heterocycles. The molecule has 0 fully saturated rings. The third-order valence-corrected chi connectivity index (χ3v) is 0.760. The average Bonchev–Trinajstić information content (AvgIpc) is 1.81. The fourth-order valence-corrected chi connectivity index (χ4v) is 0.388. The summed E-state index contributed by atoms with van der Waals surface area (Å²) in [6, 6.07) is 0. The van der Waals surface area contributed by atoms with Gasteiger partial charge in [-0.25, -0.2) is 0 Å². The number of hydrogen-bond donors (Lipinski definition) is 2. The molecule has 8 heavy (non-hydrogen) atoms. The first-order chi connectivity index (χ1) is 3.91. The van der Waals surface area contributed by atoms with Crippen molar-refractivity contribution in [2.45, 2.75) is 6.42 Å². The van der Waals surface area contributed by atoms with Crippen LogP contribution < -0.4 is 11.1 Å². The Bertz CT molecular complexity index is 56.4. The average molecular weight is 116 g/mol. The van der Waals surface area contributed by atoms with Crippen molar-refractivity contribution in [2.75, 3.05) is 19.6 Å². The molecule has 0 aliphatic carbocycles. The Hall–Kier alpha value is -0.410. The number of nitrogens with one attached hydrogen (secondary N) is 1. The van der Waals surface area contributed by atoms with E-state index in [1.807, 2.05) is 0 Å². The lowest BCUT2D eigenvalue weighted by Crippen LogP contribution is -2.23. The summed E-state index contributed by atoms with van der Waals surface area (Å²) < 4.78 is 0. The third kappa shape index (κ3) is 5.59. The highest BCUT2D eigenvalue weighted by molar-refractivity contribution is 5.49. The van der Waals surface area contributed by atoms with Crippen LogP contribution in [0, 0.1) is 0 Å². The lowest BCUT2D eigenvalue weighted by atomic mass is 10.4. The molecule has 0 spiro atoms. The van der Waals surface area contributed by atoms with Gasteiger partial charge in [0.25, 0.3) is 0 Å². The molecule has 0 saturated carbocycles. The van der Waals surface area contributed by atoms with Crippen LogP contribution in [0.25, 0.3) is 0 Å². The molecule has 3 N–H and O–H groups in total. The molecule has 3 nitrogen and oxygen atoms in total. The van der Waals surface area contributed by atoms with Gasteiger partial charge in [0, 0.05) is 26.1 Å². The van der Waals surface area contributed by atoms with E-state index in [4.69, 9.17) is 5.73 Å². The van der Waals surface area contributed by atoms with Crippen molar-refractivity contribution in [1.29, 1.82) is 0 Å². The van der Waals surface area contributed by atoms with Crippen molar-refractivity contribution in [1.82, 2.24) is 5.32 Å². The summed E-state index contributed by atoms with van der Waals surface area (Å²) in [4.78, 5) is 9.70. The minimum absolute atomic E-state index is 0.583. The van der Waals surface area contributed by atoms with E-state index in [1.165, 1.54) is 0 Å². The fourth-order valence-electron chi connectivity index (χ4n) is 0.388. The molecule has 0 saturated heterocycles. The number of nitrogens with two attached hydrogens (primary N) is 1. The maximum absolute atomic E-state index is 9.70. The van der Waals surface area contributed by atoms with Crippen LogP contribution in [0.3, 0.4) is 0 Å². The SMILES string of the molecule is NCCNCCC=O. The predicted octanol–water partition coefficient (Wildman–Crippen LogP) is -0.876. The van der Waals surface area contributed by atoms with E-state index in [0.717, 1.165) is 19.4 Å². The predicted molar refractivity (Wildman–Crippen MR) is 32.6 cm³/mol. The zero-order valence-electron chi connectivity index (χ0n) is 4.89. The Balaban J connectivity index is 2.62. The Morgan fingerprint density at radius 3 is 2.75 bits per heavy atom. The van der Waals surface area contributed by atoms with Crippen LogP contribution in [0.4, 0.5) is 0 Å². The third-order valence-electron chi connectivity index (χ3n) is 0.760. The van der Waals surface area contributed by atoms with Crippen molar-refractivity contribution in [3.63, 3.8) is 0 Å². The molecular weight excluding hydrogens is 104 g/mol. The van der Waals surface area contributed by atoms with E-state index in [-0.39, 0.29) is 0 Å². The van der Waals surface area contributed by atoms with Crippen LogP contribution in [0.15, 0.2) is 0 Å². The van der Waals surface area contributed by atoms with Crippen LogP contribution in [-0.2, 0) is 4.79 Å². The van der Waals surface area contributed by atoms with E-state index in [9.17, 15) is 4.79 Å². The highest BCUT2D eigenvalue weighted by atomic mass is 16.1. The summed E-state index contributed by atoms with van der Waals surface area (Å²) >= 11 is 0.